The molecule has 4 heteroatoms. The number of nitrogens with one attached hydrogen (secondary N) is 1. The molecule has 0 amide bonds. The summed E-state index contributed by atoms with van der Waals surface area (Å²) in [6, 6.07) is 15.6. The molecular formula is C16H19ClN2O. The average Bonchev–Trinajstić information content (AvgIpc) is 2.50. The van der Waals surface area contributed by atoms with Crippen LogP contribution in [0.3, 0.4) is 0 Å². The van der Waals surface area contributed by atoms with Crippen molar-refractivity contribution in [2.45, 2.75) is 19.4 Å². The number of aryl methyl sites for hydroxylation is 1. The number of nitrogens with two attached hydrogens (primary N) is 1. The normalized spacial score (nSPS) is 12.2. The van der Waals surface area contributed by atoms with Gasteiger partial charge in [-0.05, 0) is 41.8 Å². The van der Waals surface area contributed by atoms with E-state index in [0.29, 0.717) is 11.6 Å². The summed E-state index contributed by atoms with van der Waals surface area (Å²) in [7, 11) is 0. The SMILES string of the molecule is CCc1ccc(C(COc2ccc(Cl)cc2)NN)cc1. The first-order valence-electron chi connectivity index (χ1n) is 6.66. The largest absolute Gasteiger partial charge is 0.492 e. The monoisotopic (exact) mass is 290 g/mol. The van der Waals surface area contributed by atoms with E-state index < -0.39 is 0 Å². The molecule has 0 saturated heterocycles. The van der Waals surface area contributed by atoms with Crippen LogP contribution >= 0.6 is 11.6 Å². The Hall–Kier alpha value is -1.55. The van der Waals surface area contributed by atoms with Crippen molar-refractivity contribution in [3.63, 3.8) is 0 Å². The van der Waals surface area contributed by atoms with E-state index in [9.17, 15) is 0 Å². The van der Waals surface area contributed by atoms with Gasteiger partial charge in [-0.25, -0.2) is 5.43 Å². The van der Waals surface area contributed by atoms with Gasteiger partial charge in [0, 0.05) is 5.02 Å². The highest BCUT2D eigenvalue weighted by Crippen LogP contribution is 2.19. The average molecular weight is 291 g/mol. The maximum absolute atomic E-state index is 5.84. The van der Waals surface area contributed by atoms with E-state index in [4.69, 9.17) is 22.2 Å². The van der Waals surface area contributed by atoms with Gasteiger partial charge in [-0.3, -0.25) is 5.84 Å². The van der Waals surface area contributed by atoms with Crippen LogP contribution in [-0.2, 0) is 6.42 Å². The Kier molecular flexibility index (Phi) is 5.41. The first-order valence-corrected chi connectivity index (χ1v) is 7.04. The molecule has 0 spiro atoms. The van der Waals surface area contributed by atoms with Crippen LogP contribution < -0.4 is 16.0 Å². The third-order valence-electron chi connectivity index (χ3n) is 3.22. The summed E-state index contributed by atoms with van der Waals surface area (Å²) in [5, 5.41) is 0.695. The second kappa shape index (κ2) is 7.29. The second-order valence-electron chi connectivity index (χ2n) is 4.58. The summed E-state index contributed by atoms with van der Waals surface area (Å²) in [4.78, 5) is 0. The molecule has 0 saturated carbocycles. The summed E-state index contributed by atoms with van der Waals surface area (Å²) in [6.07, 6.45) is 1.03. The van der Waals surface area contributed by atoms with Gasteiger partial charge in [0.15, 0.2) is 0 Å². The molecule has 2 aromatic carbocycles. The van der Waals surface area contributed by atoms with Gasteiger partial charge in [0.25, 0.3) is 0 Å². The molecule has 0 fully saturated rings. The molecule has 2 aromatic rings. The van der Waals surface area contributed by atoms with Gasteiger partial charge in [0.1, 0.15) is 12.4 Å². The number of hydrazine groups is 1. The van der Waals surface area contributed by atoms with Gasteiger partial charge < -0.3 is 4.74 Å². The van der Waals surface area contributed by atoms with Crippen LogP contribution in [-0.4, -0.2) is 6.61 Å². The van der Waals surface area contributed by atoms with Crippen LogP contribution in [0.4, 0.5) is 0 Å². The van der Waals surface area contributed by atoms with Crippen LogP contribution in [0.25, 0.3) is 0 Å². The number of hydrogen-bond donors (Lipinski definition) is 2. The Morgan fingerprint density at radius 1 is 1.10 bits per heavy atom. The second-order valence-corrected chi connectivity index (χ2v) is 5.02. The van der Waals surface area contributed by atoms with Crippen LogP contribution in [0.1, 0.15) is 24.1 Å². The van der Waals surface area contributed by atoms with Crippen molar-refractivity contribution in [1.29, 1.82) is 0 Å². The smallest absolute Gasteiger partial charge is 0.119 e. The van der Waals surface area contributed by atoms with Gasteiger partial charge in [0.05, 0.1) is 6.04 Å². The summed E-state index contributed by atoms with van der Waals surface area (Å²) < 4.78 is 5.72. The van der Waals surface area contributed by atoms with E-state index >= 15 is 0 Å². The van der Waals surface area contributed by atoms with Crippen LogP contribution in [0, 0.1) is 0 Å². The lowest BCUT2D eigenvalue weighted by Crippen LogP contribution is -2.32. The fourth-order valence-electron chi connectivity index (χ4n) is 1.94. The van der Waals surface area contributed by atoms with Crippen LogP contribution in [0.15, 0.2) is 48.5 Å². The van der Waals surface area contributed by atoms with Gasteiger partial charge in [-0.15, -0.1) is 0 Å². The first-order chi connectivity index (χ1) is 9.72. The predicted molar refractivity (Wildman–Crippen MR) is 82.8 cm³/mol. The highest BCUT2D eigenvalue weighted by atomic mass is 35.5. The standard InChI is InChI=1S/C16H19ClN2O/c1-2-12-3-5-13(6-4-12)16(19-18)11-20-15-9-7-14(17)8-10-15/h3-10,16,19H,2,11,18H2,1H3. The molecule has 0 radical (unpaired) electrons. The summed E-state index contributed by atoms with van der Waals surface area (Å²) >= 11 is 5.84. The Balaban J connectivity index is 1.99. The maximum atomic E-state index is 5.84. The molecule has 0 aliphatic rings. The summed E-state index contributed by atoms with van der Waals surface area (Å²) in [5.41, 5.74) is 5.20. The number of ether oxygens (including phenoxy) is 1. The number of rotatable bonds is 6. The highest BCUT2D eigenvalue weighted by Gasteiger charge is 2.10. The molecular weight excluding hydrogens is 272 g/mol. The molecule has 0 aliphatic heterocycles. The topological polar surface area (TPSA) is 47.3 Å². The highest BCUT2D eigenvalue weighted by molar-refractivity contribution is 6.30. The van der Waals surface area contributed by atoms with Crippen molar-refractivity contribution in [2.75, 3.05) is 6.61 Å². The minimum absolute atomic E-state index is 0.0448. The predicted octanol–water partition coefficient (Wildman–Crippen LogP) is 3.49. The molecule has 1 atom stereocenters. The van der Waals surface area contributed by atoms with E-state index in [0.717, 1.165) is 17.7 Å². The number of hydrogen-bond acceptors (Lipinski definition) is 3. The minimum Gasteiger partial charge on any atom is -0.492 e. The quantitative estimate of drug-likeness (QED) is 0.632. The lowest BCUT2D eigenvalue weighted by molar-refractivity contribution is 0.267. The summed E-state index contributed by atoms with van der Waals surface area (Å²) in [6.45, 7) is 2.60. The lowest BCUT2D eigenvalue weighted by Gasteiger charge is -2.17. The molecule has 20 heavy (non-hydrogen) atoms. The van der Waals surface area contributed by atoms with Crippen molar-refractivity contribution < 1.29 is 4.74 Å². The Bertz CT molecular complexity index is 525. The zero-order chi connectivity index (χ0) is 14.4. The molecule has 1 unspecified atom stereocenters. The zero-order valence-corrected chi connectivity index (χ0v) is 12.2. The molecule has 0 bridgehead atoms. The van der Waals surface area contributed by atoms with E-state index in [-0.39, 0.29) is 6.04 Å². The van der Waals surface area contributed by atoms with Crippen LogP contribution in [0.5, 0.6) is 5.75 Å². The van der Waals surface area contributed by atoms with Gasteiger partial charge in [-0.1, -0.05) is 42.8 Å². The van der Waals surface area contributed by atoms with Crippen LogP contribution in [0.2, 0.25) is 5.02 Å². The maximum Gasteiger partial charge on any atom is 0.119 e. The summed E-state index contributed by atoms with van der Waals surface area (Å²) in [5.74, 6) is 6.39. The number of halogens is 1. The first kappa shape index (κ1) is 14.9. The van der Waals surface area contributed by atoms with Gasteiger partial charge in [0.2, 0.25) is 0 Å². The fourth-order valence-corrected chi connectivity index (χ4v) is 2.06. The molecule has 3 nitrogen and oxygen atoms in total. The van der Waals surface area contributed by atoms with E-state index in [2.05, 4.69) is 36.6 Å². The van der Waals surface area contributed by atoms with E-state index in [1.165, 1.54) is 5.56 Å². The minimum atomic E-state index is -0.0448. The van der Waals surface area contributed by atoms with Crippen molar-refractivity contribution in [2.24, 2.45) is 5.84 Å². The Morgan fingerprint density at radius 3 is 2.30 bits per heavy atom. The van der Waals surface area contributed by atoms with Gasteiger partial charge >= 0.3 is 0 Å². The van der Waals surface area contributed by atoms with Gasteiger partial charge in [-0.2, -0.15) is 0 Å². The third-order valence-corrected chi connectivity index (χ3v) is 3.47. The Labute approximate surface area is 124 Å². The Morgan fingerprint density at radius 2 is 1.75 bits per heavy atom. The van der Waals surface area contributed by atoms with Crippen molar-refractivity contribution >= 4 is 11.6 Å². The molecule has 106 valence electrons. The van der Waals surface area contributed by atoms with Crippen molar-refractivity contribution in [3.05, 3.63) is 64.7 Å². The van der Waals surface area contributed by atoms with E-state index in [1.54, 1.807) is 12.1 Å². The molecule has 3 N–H and O–H groups in total. The van der Waals surface area contributed by atoms with Crippen molar-refractivity contribution in [1.82, 2.24) is 5.43 Å². The lowest BCUT2D eigenvalue weighted by atomic mass is 10.0. The number of benzene rings is 2. The molecule has 2 rings (SSSR count). The van der Waals surface area contributed by atoms with Crippen molar-refractivity contribution in [3.8, 4) is 5.75 Å². The fraction of sp³-hybridized carbons (Fsp3) is 0.250. The molecule has 0 heterocycles. The third kappa shape index (κ3) is 3.97. The molecule has 0 aromatic heterocycles. The zero-order valence-electron chi connectivity index (χ0n) is 11.5. The van der Waals surface area contributed by atoms with E-state index in [1.807, 2.05) is 12.1 Å². The molecule has 0 aliphatic carbocycles.